The van der Waals surface area contributed by atoms with Gasteiger partial charge in [-0.3, -0.25) is 24.0 Å². The number of hydrogen-bond donors (Lipinski definition) is 1. The van der Waals surface area contributed by atoms with Gasteiger partial charge in [0.1, 0.15) is 5.58 Å². The first kappa shape index (κ1) is 28.1. The van der Waals surface area contributed by atoms with Crippen LogP contribution in [-0.2, 0) is 19.2 Å². The Labute approximate surface area is 218 Å². The van der Waals surface area contributed by atoms with E-state index in [-0.39, 0.29) is 65.2 Å². The molecule has 0 atom stereocenters. The van der Waals surface area contributed by atoms with Gasteiger partial charge in [-0.15, -0.1) is 0 Å². The first-order valence-electron chi connectivity index (χ1n) is 11.9. The molecular weight excluding hydrogens is 496 g/mol. The lowest BCUT2D eigenvalue weighted by atomic mass is 9.97. The van der Waals surface area contributed by atoms with Crippen LogP contribution in [0.5, 0.6) is 17.2 Å². The van der Waals surface area contributed by atoms with Gasteiger partial charge in [-0.05, 0) is 63.9 Å². The van der Waals surface area contributed by atoms with Crippen LogP contribution in [0.15, 0.2) is 51.7 Å². The van der Waals surface area contributed by atoms with Crippen molar-refractivity contribution in [2.75, 3.05) is 0 Å². The molecule has 200 valence electrons. The van der Waals surface area contributed by atoms with Crippen molar-refractivity contribution in [3.05, 3.63) is 52.7 Å². The SMILES string of the molecule is CC(=O)Oc1ccc(-c2oc3ccccc3c(=O)c2OC(=O)CCCCC(=O)O)cc1OC(=O)C(C)(C)C. The number of fused-ring (bicyclic) bond motifs is 1. The molecule has 1 N–H and O–H groups in total. The molecule has 1 heterocycles. The summed E-state index contributed by atoms with van der Waals surface area (Å²) in [6, 6.07) is 10.6. The van der Waals surface area contributed by atoms with Crippen LogP contribution in [0.4, 0.5) is 0 Å². The first-order chi connectivity index (χ1) is 17.9. The van der Waals surface area contributed by atoms with Crippen molar-refractivity contribution in [2.24, 2.45) is 5.41 Å². The minimum atomic E-state index is -0.976. The Hall–Kier alpha value is -4.47. The minimum Gasteiger partial charge on any atom is -0.481 e. The van der Waals surface area contributed by atoms with E-state index in [1.165, 1.54) is 31.2 Å². The van der Waals surface area contributed by atoms with Crippen LogP contribution < -0.4 is 19.6 Å². The Balaban J connectivity index is 2.08. The molecule has 38 heavy (non-hydrogen) atoms. The molecule has 0 unspecified atom stereocenters. The van der Waals surface area contributed by atoms with Crippen molar-refractivity contribution < 1.29 is 42.9 Å². The second kappa shape index (κ2) is 11.7. The number of carbonyl (C=O) groups is 4. The molecule has 3 aromatic rings. The van der Waals surface area contributed by atoms with Crippen molar-refractivity contribution in [1.29, 1.82) is 0 Å². The summed E-state index contributed by atoms with van der Waals surface area (Å²) in [7, 11) is 0. The molecule has 0 saturated carbocycles. The van der Waals surface area contributed by atoms with Gasteiger partial charge in [0.2, 0.25) is 11.2 Å². The number of aliphatic carboxylic acids is 1. The highest BCUT2D eigenvalue weighted by Gasteiger charge is 2.27. The quantitative estimate of drug-likeness (QED) is 0.233. The fourth-order valence-corrected chi connectivity index (χ4v) is 3.34. The number of benzene rings is 2. The number of hydrogen-bond acceptors (Lipinski definition) is 9. The molecular formula is C28H28O10. The molecule has 10 nitrogen and oxygen atoms in total. The second-order valence-corrected chi connectivity index (χ2v) is 9.56. The lowest BCUT2D eigenvalue weighted by Crippen LogP contribution is -2.25. The van der Waals surface area contributed by atoms with E-state index in [9.17, 15) is 24.0 Å². The first-order valence-corrected chi connectivity index (χ1v) is 11.9. The van der Waals surface area contributed by atoms with Gasteiger partial charge in [-0.25, -0.2) is 0 Å². The normalized spacial score (nSPS) is 11.2. The summed E-state index contributed by atoms with van der Waals surface area (Å²) < 4.78 is 22.1. The highest BCUT2D eigenvalue weighted by atomic mass is 16.6. The van der Waals surface area contributed by atoms with E-state index in [0.717, 1.165) is 0 Å². The molecule has 0 bridgehead atoms. The van der Waals surface area contributed by atoms with Crippen LogP contribution in [0.2, 0.25) is 0 Å². The Bertz CT molecular complexity index is 1440. The molecule has 0 saturated heterocycles. The summed E-state index contributed by atoms with van der Waals surface area (Å²) in [6.45, 7) is 6.16. The van der Waals surface area contributed by atoms with Crippen molar-refractivity contribution in [3.63, 3.8) is 0 Å². The summed E-state index contributed by atoms with van der Waals surface area (Å²) in [5, 5.41) is 8.96. The molecule has 0 fully saturated rings. The van der Waals surface area contributed by atoms with E-state index in [2.05, 4.69) is 0 Å². The zero-order valence-corrected chi connectivity index (χ0v) is 21.5. The van der Waals surface area contributed by atoms with Gasteiger partial charge in [-0.2, -0.15) is 0 Å². The van der Waals surface area contributed by atoms with Crippen LogP contribution in [0.1, 0.15) is 53.4 Å². The number of para-hydroxylation sites is 1. The lowest BCUT2D eigenvalue weighted by Gasteiger charge is -2.18. The average Bonchev–Trinajstić information content (AvgIpc) is 2.83. The highest BCUT2D eigenvalue weighted by molar-refractivity contribution is 5.85. The van der Waals surface area contributed by atoms with Gasteiger partial charge in [0.05, 0.1) is 10.8 Å². The monoisotopic (exact) mass is 524 g/mol. The number of carboxylic acid groups (broad SMARTS) is 1. The van der Waals surface area contributed by atoms with E-state index < -0.39 is 34.7 Å². The summed E-state index contributed by atoms with van der Waals surface area (Å²) in [6.07, 6.45) is 0.313. The minimum absolute atomic E-state index is 0.0287. The molecule has 0 aliphatic rings. The third-order valence-electron chi connectivity index (χ3n) is 5.27. The van der Waals surface area contributed by atoms with Crippen LogP contribution in [-0.4, -0.2) is 29.0 Å². The molecule has 2 aromatic carbocycles. The number of ether oxygens (including phenoxy) is 3. The van der Waals surface area contributed by atoms with Gasteiger partial charge in [0, 0.05) is 25.3 Å². The van der Waals surface area contributed by atoms with Crippen molar-refractivity contribution in [2.45, 2.75) is 53.4 Å². The predicted octanol–water partition coefficient (Wildman–Crippen LogP) is 4.89. The zero-order chi connectivity index (χ0) is 28.0. The molecule has 0 aliphatic carbocycles. The average molecular weight is 525 g/mol. The fourth-order valence-electron chi connectivity index (χ4n) is 3.34. The van der Waals surface area contributed by atoms with Gasteiger partial charge in [0.25, 0.3) is 0 Å². The second-order valence-electron chi connectivity index (χ2n) is 9.56. The summed E-state index contributed by atoms with van der Waals surface area (Å²) in [4.78, 5) is 60.8. The Morgan fingerprint density at radius 3 is 2.24 bits per heavy atom. The molecule has 0 radical (unpaired) electrons. The smallest absolute Gasteiger partial charge is 0.316 e. The van der Waals surface area contributed by atoms with Crippen molar-refractivity contribution in [1.82, 2.24) is 0 Å². The maximum atomic E-state index is 13.3. The third-order valence-corrected chi connectivity index (χ3v) is 5.27. The fraction of sp³-hybridized carbons (Fsp3) is 0.321. The Morgan fingerprint density at radius 1 is 0.895 bits per heavy atom. The number of unbranched alkanes of at least 4 members (excludes halogenated alkanes) is 1. The van der Waals surface area contributed by atoms with E-state index in [1.54, 1.807) is 39.0 Å². The summed E-state index contributed by atoms with van der Waals surface area (Å²) >= 11 is 0. The van der Waals surface area contributed by atoms with E-state index in [4.69, 9.17) is 23.7 Å². The maximum absolute atomic E-state index is 13.3. The molecule has 3 rings (SSSR count). The highest BCUT2D eigenvalue weighted by Crippen LogP contribution is 2.38. The van der Waals surface area contributed by atoms with Gasteiger partial charge >= 0.3 is 23.9 Å². The van der Waals surface area contributed by atoms with Crippen LogP contribution in [0.3, 0.4) is 0 Å². The number of carbonyl (C=O) groups excluding carboxylic acids is 3. The predicted molar refractivity (Wildman–Crippen MR) is 136 cm³/mol. The number of esters is 3. The Morgan fingerprint density at radius 2 is 1.58 bits per heavy atom. The molecule has 0 amide bonds. The molecule has 0 aliphatic heterocycles. The Kier molecular flexibility index (Phi) is 8.67. The van der Waals surface area contributed by atoms with Gasteiger partial charge in [-0.1, -0.05) is 12.1 Å². The molecule has 0 spiro atoms. The lowest BCUT2D eigenvalue weighted by molar-refractivity contribution is -0.143. The number of carboxylic acids is 1. The molecule has 1 aromatic heterocycles. The topological polar surface area (TPSA) is 146 Å². The standard InChI is InChI=1S/C28H28O10/c1-16(29)35-20-14-13-17(15-21(20)37-27(34)28(2,3)4)25-26(38-23(32)12-8-7-11-22(30)31)24(33)18-9-5-6-10-19(18)36-25/h5-6,9-10,13-15H,7-8,11-12H2,1-4H3,(H,30,31). The van der Waals surface area contributed by atoms with Gasteiger partial charge in [0.15, 0.2) is 17.3 Å². The van der Waals surface area contributed by atoms with Crippen LogP contribution >= 0.6 is 0 Å². The summed E-state index contributed by atoms with van der Waals surface area (Å²) in [5.74, 6) is -3.56. The van der Waals surface area contributed by atoms with E-state index in [1.807, 2.05) is 0 Å². The molecule has 10 heteroatoms. The largest absolute Gasteiger partial charge is 0.481 e. The van der Waals surface area contributed by atoms with E-state index in [0.29, 0.717) is 0 Å². The van der Waals surface area contributed by atoms with Crippen LogP contribution in [0.25, 0.3) is 22.3 Å². The summed E-state index contributed by atoms with van der Waals surface area (Å²) in [5.41, 5.74) is -1.03. The van der Waals surface area contributed by atoms with Gasteiger partial charge < -0.3 is 23.7 Å². The number of rotatable bonds is 9. The van der Waals surface area contributed by atoms with Crippen molar-refractivity contribution >= 4 is 34.8 Å². The maximum Gasteiger partial charge on any atom is 0.316 e. The van der Waals surface area contributed by atoms with Crippen molar-refractivity contribution in [3.8, 4) is 28.6 Å². The third kappa shape index (κ3) is 7.06. The van der Waals surface area contributed by atoms with E-state index >= 15 is 0 Å². The van der Waals surface area contributed by atoms with Crippen LogP contribution in [0, 0.1) is 5.41 Å². The zero-order valence-electron chi connectivity index (χ0n) is 21.5.